The van der Waals surface area contributed by atoms with E-state index in [4.69, 9.17) is 4.74 Å². The number of esters is 1. The van der Waals surface area contributed by atoms with Gasteiger partial charge >= 0.3 is 5.97 Å². The Bertz CT molecular complexity index is 909. The Hall–Kier alpha value is -3.15. The average molecular weight is 394 g/mol. The van der Waals surface area contributed by atoms with Crippen LogP contribution < -0.4 is 10.6 Å². The van der Waals surface area contributed by atoms with Gasteiger partial charge in [-0.1, -0.05) is 45.0 Å². The molecule has 2 N–H and O–H groups in total. The average Bonchev–Trinajstić information content (AvgIpc) is 3.50. The minimum absolute atomic E-state index is 0.0124. The second kappa shape index (κ2) is 8.47. The van der Waals surface area contributed by atoms with Crippen LogP contribution in [0, 0.1) is 0 Å². The van der Waals surface area contributed by atoms with Crippen molar-refractivity contribution < 1.29 is 19.1 Å². The van der Waals surface area contributed by atoms with Gasteiger partial charge in [-0.3, -0.25) is 9.59 Å². The molecule has 0 bridgehead atoms. The first-order chi connectivity index (χ1) is 13.7. The van der Waals surface area contributed by atoms with Crippen LogP contribution in [0.15, 0.2) is 48.5 Å². The standard InChI is InChI=1S/C23H26N2O4/c1-23(2,3)16-10-8-15(9-11-16)22(28)29-14-20(26)25-19-7-5-4-6-18(19)21(27)24-17-12-13-17/h4-11,17H,12-14H2,1-3H3,(H,24,27)(H,25,26). The molecule has 6 heteroatoms. The molecule has 0 radical (unpaired) electrons. The summed E-state index contributed by atoms with van der Waals surface area (Å²) in [7, 11) is 0. The fraction of sp³-hybridized carbons (Fsp3) is 0.348. The minimum Gasteiger partial charge on any atom is -0.452 e. The van der Waals surface area contributed by atoms with E-state index in [1.807, 2.05) is 12.1 Å². The van der Waals surface area contributed by atoms with E-state index in [2.05, 4.69) is 31.4 Å². The predicted molar refractivity (Wildman–Crippen MR) is 111 cm³/mol. The van der Waals surface area contributed by atoms with Crippen molar-refractivity contribution in [3.8, 4) is 0 Å². The first-order valence-corrected chi connectivity index (χ1v) is 9.71. The lowest BCUT2D eigenvalue weighted by Gasteiger charge is -2.18. The van der Waals surface area contributed by atoms with Crippen molar-refractivity contribution in [2.75, 3.05) is 11.9 Å². The molecule has 3 rings (SSSR count). The minimum atomic E-state index is -0.569. The molecule has 0 heterocycles. The maximum atomic E-state index is 12.3. The van der Waals surface area contributed by atoms with Crippen LogP contribution in [0.5, 0.6) is 0 Å². The number of nitrogens with one attached hydrogen (secondary N) is 2. The highest BCUT2D eigenvalue weighted by atomic mass is 16.5. The summed E-state index contributed by atoms with van der Waals surface area (Å²) >= 11 is 0. The molecule has 2 aromatic rings. The van der Waals surface area contributed by atoms with Crippen LogP contribution in [0.4, 0.5) is 5.69 Å². The zero-order chi connectivity index (χ0) is 21.0. The molecule has 29 heavy (non-hydrogen) atoms. The van der Waals surface area contributed by atoms with Gasteiger partial charge in [0.2, 0.25) is 0 Å². The quantitative estimate of drug-likeness (QED) is 0.732. The van der Waals surface area contributed by atoms with E-state index in [0.29, 0.717) is 16.8 Å². The zero-order valence-electron chi connectivity index (χ0n) is 17.0. The van der Waals surface area contributed by atoms with Gasteiger partial charge in [-0.15, -0.1) is 0 Å². The van der Waals surface area contributed by atoms with Crippen molar-refractivity contribution in [2.24, 2.45) is 0 Å². The highest BCUT2D eigenvalue weighted by Gasteiger charge is 2.25. The summed E-state index contributed by atoms with van der Waals surface area (Å²) in [6.45, 7) is 5.84. The summed E-state index contributed by atoms with van der Waals surface area (Å²) in [6, 6.07) is 14.1. The van der Waals surface area contributed by atoms with Crippen LogP contribution >= 0.6 is 0 Å². The van der Waals surface area contributed by atoms with Gasteiger partial charge in [0, 0.05) is 6.04 Å². The summed E-state index contributed by atoms with van der Waals surface area (Å²) < 4.78 is 5.11. The van der Waals surface area contributed by atoms with Crippen LogP contribution in [-0.4, -0.2) is 30.4 Å². The molecule has 0 spiro atoms. The predicted octanol–water partition coefficient (Wildman–Crippen LogP) is 3.67. The summed E-state index contributed by atoms with van der Waals surface area (Å²) in [5.74, 6) is -1.30. The van der Waals surface area contributed by atoms with Crippen LogP contribution in [0.25, 0.3) is 0 Å². The third kappa shape index (κ3) is 5.67. The van der Waals surface area contributed by atoms with Crippen molar-refractivity contribution >= 4 is 23.5 Å². The second-order valence-electron chi connectivity index (χ2n) is 8.24. The Kier molecular flexibility index (Phi) is 6.01. The zero-order valence-corrected chi connectivity index (χ0v) is 17.0. The van der Waals surface area contributed by atoms with Crippen LogP contribution in [0.3, 0.4) is 0 Å². The van der Waals surface area contributed by atoms with Gasteiger partial charge in [0.1, 0.15) is 0 Å². The number of carbonyl (C=O) groups is 3. The lowest BCUT2D eigenvalue weighted by molar-refractivity contribution is -0.119. The Morgan fingerprint density at radius 2 is 1.66 bits per heavy atom. The van der Waals surface area contributed by atoms with E-state index in [9.17, 15) is 14.4 Å². The van der Waals surface area contributed by atoms with E-state index in [-0.39, 0.29) is 17.4 Å². The molecule has 1 aliphatic rings. The number of anilines is 1. The van der Waals surface area contributed by atoms with Crippen molar-refractivity contribution in [3.05, 3.63) is 65.2 Å². The molecule has 1 saturated carbocycles. The SMILES string of the molecule is CC(C)(C)c1ccc(C(=O)OCC(=O)Nc2ccccc2C(=O)NC2CC2)cc1. The summed E-state index contributed by atoms with van der Waals surface area (Å²) in [6.07, 6.45) is 1.96. The lowest BCUT2D eigenvalue weighted by atomic mass is 9.87. The molecular formula is C23H26N2O4. The molecule has 2 amide bonds. The Balaban J connectivity index is 1.56. The summed E-state index contributed by atoms with van der Waals surface area (Å²) in [4.78, 5) is 36.7. The Labute approximate surface area is 170 Å². The van der Waals surface area contributed by atoms with Gasteiger partial charge in [0.15, 0.2) is 6.61 Å². The summed E-state index contributed by atoms with van der Waals surface area (Å²) in [5.41, 5.74) is 2.25. The van der Waals surface area contributed by atoms with Gasteiger partial charge in [-0.05, 0) is 48.1 Å². The maximum Gasteiger partial charge on any atom is 0.338 e. The van der Waals surface area contributed by atoms with E-state index in [1.165, 1.54) is 0 Å². The normalized spacial score (nSPS) is 13.5. The fourth-order valence-corrected chi connectivity index (χ4v) is 2.79. The maximum absolute atomic E-state index is 12.3. The molecule has 1 aliphatic carbocycles. The lowest BCUT2D eigenvalue weighted by Crippen LogP contribution is -2.28. The van der Waals surface area contributed by atoms with Crippen molar-refractivity contribution in [2.45, 2.75) is 45.1 Å². The fourth-order valence-electron chi connectivity index (χ4n) is 2.79. The number of hydrogen-bond donors (Lipinski definition) is 2. The molecule has 0 unspecified atom stereocenters. The van der Waals surface area contributed by atoms with Crippen molar-refractivity contribution in [3.63, 3.8) is 0 Å². The third-order valence-corrected chi connectivity index (χ3v) is 4.68. The van der Waals surface area contributed by atoms with E-state index >= 15 is 0 Å². The number of amides is 2. The molecular weight excluding hydrogens is 368 g/mol. The smallest absolute Gasteiger partial charge is 0.338 e. The van der Waals surface area contributed by atoms with Gasteiger partial charge in [-0.2, -0.15) is 0 Å². The molecule has 0 saturated heterocycles. The Morgan fingerprint density at radius 3 is 2.28 bits per heavy atom. The van der Waals surface area contributed by atoms with Gasteiger partial charge in [0.25, 0.3) is 11.8 Å². The largest absolute Gasteiger partial charge is 0.452 e. The van der Waals surface area contributed by atoms with Crippen LogP contribution in [0.1, 0.15) is 59.9 Å². The highest BCUT2D eigenvalue weighted by molar-refractivity contribution is 6.04. The van der Waals surface area contributed by atoms with Crippen molar-refractivity contribution in [1.82, 2.24) is 5.32 Å². The number of rotatable bonds is 6. The molecule has 6 nitrogen and oxygen atoms in total. The first-order valence-electron chi connectivity index (χ1n) is 9.71. The monoisotopic (exact) mass is 394 g/mol. The third-order valence-electron chi connectivity index (χ3n) is 4.68. The molecule has 1 fully saturated rings. The number of benzene rings is 2. The van der Waals surface area contributed by atoms with E-state index in [1.54, 1.807) is 36.4 Å². The molecule has 0 aliphatic heterocycles. The van der Waals surface area contributed by atoms with Crippen molar-refractivity contribution in [1.29, 1.82) is 0 Å². The number of hydrogen-bond acceptors (Lipinski definition) is 4. The molecule has 0 aromatic heterocycles. The Morgan fingerprint density at radius 1 is 1.00 bits per heavy atom. The highest BCUT2D eigenvalue weighted by Crippen LogP contribution is 2.23. The summed E-state index contributed by atoms with van der Waals surface area (Å²) in [5, 5.41) is 5.54. The number of carbonyl (C=O) groups excluding carboxylic acids is 3. The molecule has 152 valence electrons. The number of ether oxygens (including phenoxy) is 1. The molecule has 0 atom stereocenters. The molecule has 2 aromatic carbocycles. The van der Waals surface area contributed by atoms with Gasteiger partial charge < -0.3 is 15.4 Å². The van der Waals surface area contributed by atoms with E-state index < -0.39 is 18.5 Å². The van der Waals surface area contributed by atoms with Crippen LogP contribution in [0.2, 0.25) is 0 Å². The first kappa shape index (κ1) is 20.6. The van der Waals surface area contributed by atoms with Gasteiger partial charge in [-0.25, -0.2) is 4.79 Å². The van der Waals surface area contributed by atoms with Crippen LogP contribution in [-0.2, 0) is 14.9 Å². The van der Waals surface area contributed by atoms with Gasteiger partial charge in [0.05, 0.1) is 16.8 Å². The van der Waals surface area contributed by atoms with E-state index in [0.717, 1.165) is 18.4 Å². The number of para-hydroxylation sites is 1. The topological polar surface area (TPSA) is 84.5 Å². The second-order valence-corrected chi connectivity index (χ2v) is 8.24.